The highest BCUT2D eigenvalue weighted by molar-refractivity contribution is 5.96. The molecule has 0 radical (unpaired) electrons. The molecule has 88 valence electrons. The van der Waals surface area contributed by atoms with Gasteiger partial charge in [0.1, 0.15) is 11.5 Å². The van der Waals surface area contributed by atoms with E-state index < -0.39 is 0 Å². The summed E-state index contributed by atoms with van der Waals surface area (Å²) in [6, 6.07) is 3.60. The van der Waals surface area contributed by atoms with Crippen molar-refractivity contribution in [1.82, 2.24) is 5.43 Å². The molecule has 0 spiro atoms. The predicted octanol–water partition coefficient (Wildman–Crippen LogP) is 2.70. The molecular formula is C12H18N2O2. The van der Waals surface area contributed by atoms with Crippen LogP contribution in [0, 0.1) is 0 Å². The minimum atomic E-state index is -0.0423. The number of unbranched alkanes of at least 4 members (excludes halogenated alkanes) is 2. The molecule has 0 aliphatic heterocycles. The van der Waals surface area contributed by atoms with Crippen LogP contribution in [0.2, 0.25) is 0 Å². The van der Waals surface area contributed by atoms with Crippen molar-refractivity contribution >= 4 is 11.6 Å². The van der Waals surface area contributed by atoms with Crippen molar-refractivity contribution in [2.75, 3.05) is 0 Å². The van der Waals surface area contributed by atoms with Crippen LogP contribution in [0.3, 0.4) is 0 Å². The molecule has 4 heteroatoms. The van der Waals surface area contributed by atoms with Gasteiger partial charge in [0.25, 0.3) is 0 Å². The van der Waals surface area contributed by atoms with E-state index in [1.54, 1.807) is 19.3 Å². The van der Waals surface area contributed by atoms with Gasteiger partial charge in [-0.25, -0.2) is 5.43 Å². The summed E-state index contributed by atoms with van der Waals surface area (Å²) in [5.41, 5.74) is 3.19. The van der Waals surface area contributed by atoms with Crippen LogP contribution in [0.5, 0.6) is 0 Å². The molecule has 0 aliphatic rings. The molecule has 1 rings (SSSR count). The lowest BCUT2D eigenvalue weighted by Gasteiger charge is -2.00. The first-order valence-electron chi connectivity index (χ1n) is 5.61. The van der Waals surface area contributed by atoms with Crippen molar-refractivity contribution in [3.8, 4) is 0 Å². The van der Waals surface area contributed by atoms with Crippen LogP contribution in [0.25, 0.3) is 0 Å². The zero-order valence-electron chi connectivity index (χ0n) is 9.82. The standard InChI is InChI=1S/C12H18N2O2/c1-3-4-5-8-12(15)14-13-10(2)11-7-6-9-16-11/h6-7,9H,3-5,8H2,1-2H3,(H,14,15). The fourth-order valence-corrected chi connectivity index (χ4v) is 1.28. The second-order valence-electron chi connectivity index (χ2n) is 3.67. The second-order valence-corrected chi connectivity index (χ2v) is 3.67. The van der Waals surface area contributed by atoms with Crippen LogP contribution >= 0.6 is 0 Å². The Labute approximate surface area is 95.7 Å². The lowest BCUT2D eigenvalue weighted by atomic mass is 10.2. The van der Waals surface area contributed by atoms with Crippen molar-refractivity contribution in [3.63, 3.8) is 0 Å². The Morgan fingerprint density at radius 2 is 2.31 bits per heavy atom. The SMILES string of the molecule is CCCCCC(=O)NN=C(C)c1ccco1. The van der Waals surface area contributed by atoms with Crippen LogP contribution < -0.4 is 5.43 Å². The van der Waals surface area contributed by atoms with Crippen LogP contribution in [0.15, 0.2) is 27.9 Å². The number of furan rings is 1. The van der Waals surface area contributed by atoms with Crippen molar-refractivity contribution in [3.05, 3.63) is 24.2 Å². The van der Waals surface area contributed by atoms with Crippen molar-refractivity contribution in [2.24, 2.45) is 5.10 Å². The number of rotatable bonds is 6. The maximum Gasteiger partial charge on any atom is 0.240 e. The first-order valence-corrected chi connectivity index (χ1v) is 5.61. The zero-order chi connectivity index (χ0) is 11.8. The molecule has 0 atom stereocenters. The zero-order valence-corrected chi connectivity index (χ0v) is 9.82. The van der Waals surface area contributed by atoms with Gasteiger partial charge in [0, 0.05) is 6.42 Å². The van der Waals surface area contributed by atoms with E-state index in [-0.39, 0.29) is 5.91 Å². The summed E-state index contributed by atoms with van der Waals surface area (Å²) in [6.45, 7) is 3.91. The summed E-state index contributed by atoms with van der Waals surface area (Å²) in [7, 11) is 0. The van der Waals surface area contributed by atoms with Crippen LogP contribution in [-0.4, -0.2) is 11.6 Å². The molecule has 1 amide bonds. The fourth-order valence-electron chi connectivity index (χ4n) is 1.28. The summed E-state index contributed by atoms with van der Waals surface area (Å²) in [5, 5.41) is 3.97. The van der Waals surface area contributed by atoms with Crippen LogP contribution in [0.4, 0.5) is 0 Å². The van der Waals surface area contributed by atoms with Gasteiger partial charge in [-0.2, -0.15) is 5.10 Å². The van der Waals surface area contributed by atoms with E-state index in [0.717, 1.165) is 19.3 Å². The van der Waals surface area contributed by atoms with Crippen molar-refractivity contribution in [1.29, 1.82) is 0 Å². The summed E-state index contributed by atoms with van der Waals surface area (Å²) in [5.74, 6) is 0.633. The van der Waals surface area contributed by atoms with Crippen LogP contribution in [0.1, 0.15) is 45.3 Å². The number of nitrogens with one attached hydrogen (secondary N) is 1. The summed E-state index contributed by atoms with van der Waals surface area (Å²) >= 11 is 0. The van der Waals surface area contributed by atoms with Gasteiger partial charge >= 0.3 is 0 Å². The summed E-state index contributed by atoms with van der Waals surface area (Å²) < 4.78 is 5.14. The molecular weight excluding hydrogens is 204 g/mol. The van der Waals surface area contributed by atoms with Gasteiger partial charge in [0.2, 0.25) is 5.91 Å². The number of hydrogen-bond donors (Lipinski definition) is 1. The largest absolute Gasteiger partial charge is 0.463 e. The molecule has 0 unspecified atom stereocenters. The Hall–Kier alpha value is -1.58. The average Bonchev–Trinajstić information content (AvgIpc) is 2.79. The third-order valence-corrected chi connectivity index (χ3v) is 2.23. The monoisotopic (exact) mass is 222 g/mol. The number of hydrazone groups is 1. The van der Waals surface area contributed by atoms with E-state index in [2.05, 4.69) is 17.5 Å². The Bertz CT molecular complexity index is 342. The average molecular weight is 222 g/mol. The lowest BCUT2D eigenvalue weighted by Crippen LogP contribution is -2.18. The van der Waals surface area contributed by atoms with E-state index in [1.165, 1.54) is 0 Å². The lowest BCUT2D eigenvalue weighted by molar-refractivity contribution is -0.121. The normalized spacial score (nSPS) is 11.5. The predicted molar refractivity (Wildman–Crippen MR) is 63.2 cm³/mol. The molecule has 0 aromatic carbocycles. The second kappa shape index (κ2) is 6.82. The highest BCUT2D eigenvalue weighted by atomic mass is 16.3. The topological polar surface area (TPSA) is 54.6 Å². The Kier molecular flexibility index (Phi) is 5.32. The van der Waals surface area contributed by atoms with Gasteiger partial charge in [-0.1, -0.05) is 19.8 Å². The molecule has 0 aliphatic carbocycles. The van der Waals surface area contributed by atoms with Crippen LogP contribution in [-0.2, 0) is 4.79 Å². The molecule has 1 heterocycles. The molecule has 1 aromatic rings. The van der Waals surface area contributed by atoms with E-state index in [4.69, 9.17) is 4.42 Å². The minimum absolute atomic E-state index is 0.0423. The van der Waals surface area contributed by atoms with Gasteiger partial charge in [0.15, 0.2) is 0 Å². The number of carbonyl (C=O) groups excluding carboxylic acids is 1. The summed E-state index contributed by atoms with van der Waals surface area (Å²) in [6.07, 6.45) is 5.22. The first kappa shape index (κ1) is 12.5. The number of nitrogens with zero attached hydrogens (tertiary/aromatic N) is 1. The van der Waals surface area contributed by atoms with E-state index in [0.29, 0.717) is 17.9 Å². The Morgan fingerprint density at radius 3 is 2.94 bits per heavy atom. The summed E-state index contributed by atoms with van der Waals surface area (Å²) in [4.78, 5) is 11.3. The maximum atomic E-state index is 11.3. The molecule has 0 saturated heterocycles. The smallest absolute Gasteiger partial charge is 0.240 e. The number of hydrogen-bond acceptors (Lipinski definition) is 3. The molecule has 0 saturated carbocycles. The van der Waals surface area contributed by atoms with E-state index in [9.17, 15) is 4.79 Å². The van der Waals surface area contributed by atoms with E-state index in [1.807, 2.05) is 6.07 Å². The molecule has 0 fully saturated rings. The highest BCUT2D eigenvalue weighted by Crippen LogP contribution is 2.02. The van der Waals surface area contributed by atoms with Gasteiger partial charge in [-0.15, -0.1) is 0 Å². The Balaban J connectivity index is 2.32. The number of carbonyl (C=O) groups is 1. The van der Waals surface area contributed by atoms with Gasteiger partial charge in [-0.3, -0.25) is 4.79 Å². The van der Waals surface area contributed by atoms with Gasteiger partial charge in [-0.05, 0) is 25.5 Å². The minimum Gasteiger partial charge on any atom is -0.463 e. The molecule has 16 heavy (non-hydrogen) atoms. The molecule has 4 nitrogen and oxygen atoms in total. The first-order chi connectivity index (χ1) is 7.74. The van der Waals surface area contributed by atoms with Crippen molar-refractivity contribution < 1.29 is 9.21 Å². The molecule has 0 bridgehead atoms. The quantitative estimate of drug-likeness (QED) is 0.457. The molecule has 1 aromatic heterocycles. The Morgan fingerprint density at radius 1 is 1.50 bits per heavy atom. The van der Waals surface area contributed by atoms with Crippen molar-refractivity contribution in [2.45, 2.75) is 39.5 Å². The third-order valence-electron chi connectivity index (χ3n) is 2.23. The van der Waals surface area contributed by atoms with E-state index >= 15 is 0 Å². The fraction of sp³-hybridized carbons (Fsp3) is 0.500. The van der Waals surface area contributed by atoms with Gasteiger partial charge in [0.05, 0.1) is 6.26 Å². The maximum absolute atomic E-state index is 11.3. The third kappa shape index (κ3) is 4.29. The molecule has 1 N–H and O–H groups in total. The highest BCUT2D eigenvalue weighted by Gasteiger charge is 2.02. The number of amides is 1. The van der Waals surface area contributed by atoms with Gasteiger partial charge < -0.3 is 4.42 Å².